The Balaban J connectivity index is 0.00000133. The molecule has 0 aliphatic heterocycles. The van der Waals surface area contributed by atoms with E-state index in [-0.39, 0.29) is 24.9 Å². The van der Waals surface area contributed by atoms with Gasteiger partial charge in [0.05, 0.1) is 5.69 Å². The number of hydrogen-bond acceptors (Lipinski definition) is 4. The zero-order chi connectivity index (χ0) is 25.7. The predicted octanol–water partition coefficient (Wildman–Crippen LogP) is 5.40. The van der Waals surface area contributed by atoms with E-state index in [4.69, 9.17) is 10.1 Å². The minimum Gasteiger partial charge on any atom is -0.396 e. The van der Waals surface area contributed by atoms with Gasteiger partial charge in [-0.2, -0.15) is 8.78 Å². The number of benzene rings is 2. The Hall–Kier alpha value is -3.23. The molecular weight excluding hydrogens is 445 g/mol. The molecule has 34 heavy (non-hydrogen) atoms. The highest BCUT2D eigenvalue weighted by molar-refractivity contribution is 5.87. The normalized spacial score (nSPS) is 11.4. The Labute approximate surface area is 198 Å². The van der Waals surface area contributed by atoms with Crippen molar-refractivity contribution in [2.45, 2.75) is 46.8 Å². The number of hydrogen-bond donors (Lipinski definition) is 3. The maximum Gasteiger partial charge on any atom is 0.342 e. The van der Waals surface area contributed by atoms with E-state index in [9.17, 15) is 23.1 Å². The Morgan fingerprint density at radius 3 is 2.41 bits per heavy atom. The first kappa shape index (κ1) is 28.8. The zero-order valence-corrected chi connectivity index (χ0v) is 19.6. The van der Waals surface area contributed by atoms with E-state index >= 15 is 0 Å². The number of halogens is 3. The average molecular weight is 477 g/mol. The van der Waals surface area contributed by atoms with Crippen molar-refractivity contribution < 1.29 is 28.2 Å². The van der Waals surface area contributed by atoms with Crippen LogP contribution in [-0.2, 0) is 17.8 Å². The number of nitrogens with one attached hydrogen (secondary N) is 1. The Morgan fingerprint density at radius 2 is 1.88 bits per heavy atom. The number of aliphatic hydroxyl groups is 2. The van der Waals surface area contributed by atoms with E-state index in [0.29, 0.717) is 6.42 Å². The number of carbonyl (C=O) groups excluding carboxylic acids is 1. The summed E-state index contributed by atoms with van der Waals surface area (Å²) in [6.45, 7) is 6.65. The summed E-state index contributed by atoms with van der Waals surface area (Å²) in [4.78, 5) is 16.4. The van der Waals surface area contributed by atoms with Crippen LogP contribution in [0.15, 0.2) is 59.6 Å². The van der Waals surface area contributed by atoms with Crippen molar-refractivity contribution in [2.75, 3.05) is 6.61 Å². The molecule has 8 heteroatoms. The second kappa shape index (κ2) is 14.8. The van der Waals surface area contributed by atoms with Gasteiger partial charge < -0.3 is 15.5 Å². The lowest BCUT2D eigenvalue weighted by molar-refractivity contribution is -0.116. The Kier molecular flexibility index (Phi) is 12.6. The number of aliphatic hydroxyl groups excluding tert-OH is 2. The summed E-state index contributed by atoms with van der Waals surface area (Å²) in [6.07, 6.45) is 6.29. The molecule has 0 unspecified atom stereocenters. The van der Waals surface area contributed by atoms with Gasteiger partial charge in [-0.05, 0) is 84.9 Å². The summed E-state index contributed by atoms with van der Waals surface area (Å²) in [6, 6.07) is 8.27. The highest BCUT2D eigenvalue weighted by Crippen LogP contribution is 2.36. The van der Waals surface area contributed by atoms with E-state index in [1.165, 1.54) is 23.8 Å². The van der Waals surface area contributed by atoms with Gasteiger partial charge >= 0.3 is 6.61 Å². The molecule has 0 aromatic heterocycles. The molecule has 2 aromatic carbocycles. The summed E-state index contributed by atoms with van der Waals surface area (Å²) in [7, 11) is 0. The fourth-order valence-corrected chi connectivity index (χ4v) is 3.14. The number of carbonyl (C=O) groups is 1. The van der Waals surface area contributed by atoms with Crippen LogP contribution in [0.3, 0.4) is 0 Å². The lowest BCUT2D eigenvalue weighted by Crippen LogP contribution is -2.21. The van der Waals surface area contributed by atoms with Gasteiger partial charge in [0.1, 0.15) is 5.82 Å². The van der Waals surface area contributed by atoms with Gasteiger partial charge in [-0.25, -0.2) is 4.39 Å². The van der Waals surface area contributed by atoms with Crippen LogP contribution in [0.5, 0.6) is 0 Å². The quantitative estimate of drug-likeness (QED) is 0.335. The second-order valence-corrected chi connectivity index (χ2v) is 7.36. The first-order chi connectivity index (χ1) is 16.1. The largest absolute Gasteiger partial charge is 0.396 e. The van der Waals surface area contributed by atoms with Gasteiger partial charge in [0.15, 0.2) is 0 Å². The molecule has 0 radical (unpaired) electrons. The van der Waals surface area contributed by atoms with Gasteiger partial charge in [0.25, 0.3) is 0 Å². The molecule has 0 fully saturated rings. The maximum atomic E-state index is 13.4. The molecule has 0 bridgehead atoms. The second-order valence-electron chi connectivity index (χ2n) is 7.36. The van der Waals surface area contributed by atoms with E-state index in [1.807, 2.05) is 26.0 Å². The highest BCUT2D eigenvalue weighted by Gasteiger charge is 2.16. The van der Waals surface area contributed by atoms with Gasteiger partial charge in [-0.15, -0.1) is 0 Å². The van der Waals surface area contributed by atoms with Crippen molar-refractivity contribution in [3.05, 3.63) is 77.1 Å². The number of amides is 1. The number of aliphatic imine (C=N–C) groups is 1. The van der Waals surface area contributed by atoms with E-state index in [0.717, 1.165) is 39.9 Å². The van der Waals surface area contributed by atoms with Crippen LogP contribution in [0, 0.1) is 12.7 Å². The third-order valence-corrected chi connectivity index (χ3v) is 5.03. The summed E-state index contributed by atoms with van der Waals surface area (Å²) < 4.78 is 33.2. The third-order valence-electron chi connectivity index (χ3n) is 5.03. The van der Waals surface area contributed by atoms with Gasteiger partial charge in [0.2, 0.25) is 5.91 Å². The first-order valence-corrected chi connectivity index (χ1v) is 10.7. The van der Waals surface area contributed by atoms with Crippen molar-refractivity contribution >= 4 is 17.8 Å². The van der Waals surface area contributed by atoms with Crippen LogP contribution in [0.25, 0.3) is 11.1 Å². The smallest absolute Gasteiger partial charge is 0.342 e. The lowest BCUT2D eigenvalue weighted by atomic mass is 9.91. The van der Waals surface area contributed by atoms with Crippen molar-refractivity contribution in [2.24, 2.45) is 4.99 Å². The molecule has 2 aromatic rings. The van der Waals surface area contributed by atoms with Crippen molar-refractivity contribution in [3.8, 4) is 11.1 Å². The number of rotatable bonds is 9. The molecule has 1 amide bonds. The van der Waals surface area contributed by atoms with Gasteiger partial charge in [-0.1, -0.05) is 31.2 Å². The van der Waals surface area contributed by atoms with Crippen LogP contribution in [0.2, 0.25) is 0 Å². The molecule has 184 valence electrons. The molecule has 2 rings (SSSR count). The highest BCUT2D eigenvalue weighted by atomic mass is 19.3. The van der Waals surface area contributed by atoms with Crippen LogP contribution in [0.4, 0.5) is 18.9 Å². The topological polar surface area (TPSA) is 81.9 Å². The molecule has 0 heterocycles. The number of alkyl halides is 2. The molecule has 0 atom stereocenters. The lowest BCUT2D eigenvalue weighted by Gasteiger charge is -2.19. The Morgan fingerprint density at radius 1 is 1.26 bits per heavy atom. The third kappa shape index (κ3) is 9.33. The molecule has 0 aliphatic carbocycles. The summed E-state index contributed by atoms with van der Waals surface area (Å²) >= 11 is 0. The molecule has 3 N–H and O–H groups in total. The van der Waals surface area contributed by atoms with Crippen LogP contribution in [-0.4, -0.2) is 35.6 Å². The van der Waals surface area contributed by atoms with Crippen LogP contribution < -0.4 is 5.32 Å². The fourth-order valence-electron chi connectivity index (χ4n) is 3.14. The SMILES string of the molecule is C=CC(=O)NCc1cc(-c2ccc(F)cc2)c(C)c(N=CC=C(C)CC)c1CCO.OC(F)F. The van der Waals surface area contributed by atoms with Gasteiger partial charge in [0, 0.05) is 19.4 Å². The minimum absolute atomic E-state index is 0.0376. The van der Waals surface area contributed by atoms with E-state index in [1.54, 1.807) is 18.3 Å². The minimum atomic E-state index is -3.17. The standard InChI is InChI=1S/C25H29FN2O2.CH2F2O/c1-5-17(3)11-13-27-25-18(4)23(19-7-9-21(26)10-8-19)15-20(22(25)12-14-29)16-28-24(30)6-2;2-1(3)4/h6-11,13,15,29H,2,5,12,14,16H2,1,3-4H3,(H,28,30);1,4H. The molecular formula is C26H31F3N2O3. The fraction of sp³-hybridized carbons (Fsp3) is 0.308. The summed E-state index contributed by atoms with van der Waals surface area (Å²) in [5, 5.41) is 19.2. The maximum absolute atomic E-state index is 13.4. The number of allylic oxidation sites excluding steroid dienone is 2. The average Bonchev–Trinajstić information content (AvgIpc) is 2.80. The summed E-state index contributed by atoms with van der Waals surface area (Å²) in [5.41, 5.74) is 6.39. The molecule has 0 aliphatic rings. The summed E-state index contributed by atoms with van der Waals surface area (Å²) in [5.74, 6) is -0.578. The van der Waals surface area contributed by atoms with Crippen molar-refractivity contribution in [1.29, 1.82) is 0 Å². The first-order valence-electron chi connectivity index (χ1n) is 10.7. The van der Waals surface area contributed by atoms with Gasteiger partial charge in [-0.3, -0.25) is 9.79 Å². The van der Waals surface area contributed by atoms with E-state index < -0.39 is 6.61 Å². The van der Waals surface area contributed by atoms with Crippen molar-refractivity contribution in [1.82, 2.24) is 5.32 Å². The van der Waals surface area contributed by atoms with E-state index in [2.05, 4.69) is 18.8 Å². The van der Waals surface area contributed by atoms with Crippen LogP contribution >= 0.6 is 0 Å². The van der Waals surface area contributed by atoms with Crippen LogP contribution in [0.1, 0.15) is 37.0 Å². The number of nitrogens with zero attached hydrogens (tertiary/aromatic N) is 1. The monoisotopic (exact) mass is 476 g/mol. The molecule has 0 saturated carbocycles. The zero-order valence-electron chi connectivity index (χ0n) is 19.6. The molecule has 5 nitrogen and oxygen atoms in total. The molecule has 0 spiro atoms. The molecule has 0 saturated heterocycles. The Bertz CT molecular complexity index is 1010. The van der Waals surface area contributed by atoms with Crippen molar-refractivity contribution in [3.63, 3.8) is 0 Å². The predicted molar refractivity (Wildman–Crippen MR) is 130 cm³/mol.